The molecule has 4 rings (SSSR count). The largest absolute Gasteiger partial charge is 0.486 e. The Hall–Kier alpha value is -2.70. The fourth-order valence-electron chi connectivity index (χ4n) is 2.96. The second kappa shape index (κ2) is 6.31. The van der Waals surface area contributed by atoms with Crippen molar-refractivity contribution in [3.63, 3.8) is 0 Å². The van der Waals surface area contributed by atoms with Gasteiger partial charge in [-0.3, -0.25) is 5.32 Å². The predicted octanol–water partition coefficient (Wildman–Crippen LogP) is 3.34. The highest BCUT2D eigenvalue weighted by Gasteiger charge is 2.34. The van der Waals surface area contributed by atoms with Gasteiger partial charge in [-0.15, -0.1) is 0 Å². The molecule has 7 nitrogen and oxygen atoms in total. The molecule has 2 amide bonds. The monoisotopic (exact) mass is 343 g/mol. The Morgan fingerprint density at radius 2 is 1.96 bits per heavy atom. The topological polar surface area (TPSA) is 85.6 Å². The number of hydrogen-bond donors (Lipinski definition) is 2. The maximum atomic E-state index is 12.4. The van der Waals surface area contributed by atoms with Gasteiger partial charge in [0.15, 0.2) is 11.5 Å². The smallest absolute Gasteiger partial charge is 0.323 e. The number of aromatic nitrogens is 1. The molecule has 0 saturated heterocycles. The molecule has 0 radical (unpaired) electrons. The van der Waals surface area contributed by atoms with Crippen molar-refractivity contribution in [1.29, 1.82) is 0 Å². The number of rotatable bonds is 4. The lowest BCUT2D eigenvalue weighted by Gasteiger charge is -2.23. The van der Waals surface area contributed by atoms with Crippen LogP contribution in [0, 0.1) is 19.8 Å². The molecular formula is C18H21N3O4. The first-order valence-corrected chi connectivity index (χ1v) is 8.51. The summed E-state index contributed by atoms with van der Waals surface area (Å²) in [6.07, 6.45) is 2.19. The van der Waals surface area contributed by atoms with E-state index in [9.17, 15) is 4.79 Å². The van der Waals surface area contributed by atoms with Gasteiger partial charge in [-0.05, 0) is 50.3 Å². The highest BCUT2D eigenvalue weighted by atomic mass is 16.6. The van der Waals surface area contributed by atoms with Crippen molar-refractivity contribution in [2.75, 3.05) is 18.5 Å². The molecule has 2 aromatic rings. The van der Waals surface area contributed by atoms with Crippen molar-refractivity contribution in [3.05, 3.63) is 35.2 Å². The van der Waals surface area contributed by atoms with E-state index in [0.29, 0.717) is 24.9 Å². The number of nitrogens with zero attached hydrogens (tertiary/aromatic N) is 1. The summed E-state index contributed by atoms with van der Waals surface area (Å²) in [6, 6.07) is 5.65. The SMILES string of the molecule is Cc1nc(NC(=O)NC(c2ccc3c(c2)OCCO3)C2CC2)oc1C. The van der Waals surface area contributed by atoms with E-state index in [1.54, 1.807) is 0 Å². The van der Waals surface area contributed by atoms with Gasteiger partial charge < -0.3 is 19.2 Å². The summed E-state index contributed by atoms with van der Waals surface area (Å²) in [6.45, 7) is 4.76. The van der Waals surface area contributed by atoms with Crippen molar-refractivity contribution in [2.24, 2.45) is 5.92 Å². The van der Waals surface area contributed by atoms with Crippen LogP contribution >= 0.6 is 0 Å². The molecule has 1 aliphatic heterocycles. The van der Waals surface area contributed by atoms with E-state index in [4.69, 9.17) is 13.9 Å². The van der Waals surface area contributed by atoms with Crippen LogP contribution in [0.3, 0.4) is 0 Å². The Morgan fingerprint density at radius 3 is 2.64 bits per heavy atom. The van der Waals surface area contributed by atoms with E-state index >= 15 is 0 Å². The molecule has 1 fully saturated rings. The first-order chi connectivity index (χ1) is 12.1. The van der Waals surface area contributed by atoms with E-state index in [1.807, 2.05) is 32.0 Å². The highest BCUT2D eigenvalue weighted by molar-refractivity contribution is 5.87. The van der Waals surface area contributed by atoms with Gasteiger partial charge in [-0.2, -0.15) is 4.98 Å². The zero-order valence-corrected chi connectivity index (χ0v) is 14.3. The van der Waals surface area contributed by atoms with E-state index < -0.39 is 0 Å². The minimum Gasteiger partial charge on any atom is -0.486 e. The summed E-state index contributed by atoms with van der Waals surface area (Å²) in [5.74, 6) is 2.61. The molecule has 2 aliphatic rings. The number of urea groups is 1. The lowest BCUT2D eigenvalue weighted by molar-refractivity contribution is 0.171. The third kappa shape index (κ3) is 3.40. The van der Waals surface area contributed by atoms with Gasteiger partial charge >= 0.3 is 12.0 Å². The number of aryl methyl sites for hydroxylation is 2. The Labute approximate surface area is 145 Å². The fourth-order valence-corrected chi connectivity index (χ4v) is 2.96. The number of carbonyl (C=O) groups is 1. The number of carbonyl (C=O) groups excluding carboxylic acids is 1. The molecule has 1 saturated carbocycles. The van der Waals surface area contributed by atoms with E-state index in [2.05, 4.69) is 15.6 Å². The Balaban J connectivity index is 1.49. The van der Waals surface area contributed by atoms with Crippen LogP contribution in [0.2, 0.25) is 0 Å². The van der Waals surface area contributed by atoms with Gasteiger partial charge in [0.1, 0.15) is 19.0 Å². The van der Waals surface area contributed by atoms with Crippen LogP contribution in [0.4, 0.5) is 10.8 Å². The first-order valence-electron chi connectivity index (χ1n) is 8.51. The molecule has 1 aromatic carbocycles. The first kappa shape index (κ1) is 15.8. The number of nitrogens with one attached hydrogen (secondary N) is 2. The Kier molecular flexibility index (Phi) is 3.99. The predicted molar refractivity (Wildman–Crippen MR) is 91.0 cm³/mol. The van der Waals surface area contributed by atoms with Gasteiger partial charge in [0.05, 0.1) is 11.7 Å². The van der Waals surface area contributed by atoms with E-state index in [1.165, 1.54) is 0 Å². The van der Waals surface area contributed by atoms with Crippen LogP contribution < -0.4 is 20.1 Å². The van der Waals surface area contributed by atoms with E-state index in [-0.39, 0.29) is 18.1 Å². The molecule has 1 aromatic heterocycles. The standard InChI is InChI=1S/C18H21N3O4/c1-10-11(2)25-18(19-10)21-17(22)20-16(12-3-4-12)13-5-6-14-15(9-13)24-8-7-23-14/h5-6,9,12,16H,3-4,7-8H2,1-2H3,(H2,19,20,21,22). The van der Waals surface area contributed by atoms with Gasteiger partial charge in [0, 0.05) is 0 Å². The van der Waals surface area contributed by atoms with Crippen LogP contribution in [0.15, 0.2) is 22.6 Å². The summed E-state index contributed by atoms with van der Waals surface area (Å²) >= 11 is 0. The maximum Gasteiger partial charge on any atom is 0.323 e. The van der Waals surface area contributed by atoms with Crippen LogP contribution in [0.5, 0.6) is 11.5 Å². The summed E-state index contributed by atoms with van der Waals surface area (Å²) in [5.41, 5.74) is 1.78. The average molecular weight is 343 g/mol. The normalized spacial score (nSPS) is 17.0. The lowest BCUT2D eigenvalue weighted by atomic mass is 10.0. The van der Waals surface area contributed by atoms with Crippen molar-refractivity contribution >= 4 is 12.0 Å². The van der Waals surface area contributed by atoms with Crippen molar-refractivity contribution < 1.29 is 18.7 Å². The molecule has 1 unspecified atom stereocenters. The minimum atomic E-state index is -0.326. The minimum absolute atomic E-state index is 0.0759. The van der Waals surface area contributed by atoms with Crippen molar-refractivity contribution in [3.8, 4) is 11.5 Å². The second-order valence-corrected chi connectivity index (χ2v) is 6.48. The van der Waals surface area contributed by atoms with Gasteiger partial charge in [-0.1, -0.05) is 6.07 Å². The quantitative estimate of drug-likeness (QED) is 0.889. The van der Waals surface area contributed by atoms with Gasteiger partial charge in [0.25, 0.3) is 0 Å². The number of anilines is 1. The average Bonchev–Trinajstić information content (AvgIpc) is 3.39. The van der Waals surface area contributed by atoms with Crippen LogP contribution in [0.1, 0.15) is 35.9 Å². The molecule has 2 N–H and O–H groups in total. The maximum absolute atomic E-state index is 12.4. The number of fused-ring (bicyclic) bond motifs is 1. The fraction of sp³-hybridized carbons (Fsp3) is 0.444. The van der Waals surface area contributed by atoms with E-state index in [0.717, 1.165) is 35.6 Å². The molecule has 25 heavy (non-hydrogen) atoms. The lowest BCUT2D eigenvalue weighted by Crippen LogP contribution is -2.33. The molecular weight excluding hydrogens is 322 g/mol. The Bertz CT molecular complexity index is 778. The van der Waals surface area contributed by atoms with Crippen LogP contribution in [-0.4, -0.2) is 24.2 Å². The van der Waals surface area contributed by atoms with Gasteiger partial charge in [-0.25, -0.2) is 4.79 Å². The number of benzene rings is 1. The third-order valence-corrected chi connectivity index (χ3v) is 4.55. The summed E-state index contributed by atoms with van der Waals surface area (Å²) in [7, 11) is 0. The van der Waals surface area contributed by atoms with Crippen LogP contribution in [-0.2, 0) is 0 Å². The zero-order valence-electron chi connectivity index (χ0n) is 14.3. The molecule has 2 heterocycles. The second-order valence-electron chi connectivity index (χ2n) is 6.48. The molecule has 132 valence electrons. The number of oxazole rings is 1. The summed E-state index contributed by atoms with van der Waals surface area (Å²) in [5, 5.41) is 5.70. The van der Waals surface area contributed by atoms with Crippen LogP contribution in [0.25, 0.3) is 0 Å². The zero-order chi connectivity index (χ0) is 17.4. The van der Waals surface area contributed by atoms with Crippen molar-refractivity contribution in [1.82, 2.24) is 10.3 Å². The molecule has 7 heteroatoms. The summed E-state index contributed by atoms with van der Waals surface area (Å²) < 4.78 is 16.6. The molecule has 0 spiro atoms. The molecule has 1 aliphatic carbocycles. The number of hydrogen-bond acceptors (Lipinski definition) is 5. The molecule has 1 atom stereocenters. The molecule has 0 bridgehead atoms. The van der Waals surface area contributed by atoms with Crippen molar-refractivity contribution in [2.45, 2.75) is 32.7 Å². The third-order valence-electron chi connectivity index (χ3n) is 4.55. The summed E-state index contributed by atoms with van der Waals surface area (Å²) in [4.78, 5) is 16.5. The highest BCUT2D eigenvalue weighted by Crippen LogP contribution is 2.43. The number of amides is 2. The Morgan fingerprint density at radius 1 is 1.20 bits per heavy atom. The van der Waals surface area contributed by atoms with Gasteiger partial charge in [0.2, 0.25) is 0 Å². The number of ether oxygens (including phenoxy) is 2.